The van der Waals surface area contributed by atoms with Gasteiger partial charge in [-0.15, -0.1) is 0 Å². The van der Waals surface area contributed by atoms with Gasteiger partial charge in [0.05, 0.1) is 13.4 Å². The van der Waals surface area contributed by atoms with Crippen molar-refractivity contribution in [3.63, 3.8) is 0 Å². The second kappa shape index (κ2) is 5.08. The van der Waals surface area contributed by atoms with Gasteiger partial charge in [0.2, 0.25) is 0 Å². The fourth-order valence-electron chi connectivity index (χ4n) is 2.14. The zero-order chi connectivity index (χ0) is 14.1. The number of aryl methyl sites for hydroxylation is 1. The van der Waals surface area contributed by atoms with Crippen molar-refractivity contribution in [3.8, 4) is 5.75 Å². The molecule has 0 bridgehead atoms. The lowest BCUT2D eigenvalue weighted by atomic mass is 9.77. The van der Waals surface area contributed by atoms with E-state index in [0.717, 1.165) is 16.6 Å². The first kappa shape index (κ1) is 12.9. The molecule has 2 aromatic rings. The summed E-state index contributed by atoms with van der Waals surface area (Å²) in [4.78, 5) is 12.0. The first-order valence-electron chi connectivity index (χ1n) is 6.44. The van der Waals surface area contributed by atoms with Gasteiger partial charge in [0.1, 0.15) is 5.75 Å². The maximum Gasteiger partial charge on any atom is 0.634 e. The standard InChI is InChI=1S/C15H12B2O3/c1-10-2-7-13-14(8-10)19-17(20-15(13)18)12-5-3-11(9-16)4-6-12/h2-8H,9H2,1H3. The average molecular weight is 262 g/mol. The predicted molar refractivity (Wildman–Crippen MR) is 78.5 cm³/mol. The Kier molecular flexibility index (Phi) is 3.26. The van der Waals surface area contributed by atoms with E-state index in [9.17, 15) is 4.79 Å². The summed E-state index contributed by atoms with van der Waals surface area (Å²) in [7, 11) is 4.86. The minimum atomic E-state index is -0.705. The summed E-state index contributed by atoms with van der Waals surface area (Å²) in [6.45, 7) is 1.95. The Labute approximate surface area is 119 Å². The Morgan fingerprint density at radius 1 is 1.10 bits per heavy atom. The number of hydrogen-bond acceptors (Lipinski definition) is 3. The van der Waals surface area contributed by atoms with Gasteiger partial charge in [-0.25, -0.2) is 4.79 Å². The van der Waals surface area contributed by atoms with Crippen molar-refractivity contribution in [3.05, 3.63) is 59.2 Å². The molecule has 1 heterocycles. The molecule has 0 atom stereocenters. The lowest BCUT2D eigenvalue weighted by Crippen LogP contribution is -2.44. The van der Waals surface area contributed by atoms with Gasteiger partial charge in [-0.2, -0.15) is 0 Å². The molecule has 0 fully saturated rings. The molecular weight excluding hydrogens is 250 g/mol. The van der Waals surface area contributed by atoms with Crippen molar-refractivity contribution >= 4 is 26.4 Å². The lowest BCUT2D eigenvalue weighted by molar-refractivity contribution is 0.0687. The molecule has 0 unspecified atom stereocenters. The second-order valence-electron chi connectivity index (χ2n) is 4.80. The van der Waals surface area contributed by atoms with Gasteiger partial charge in [0, 0.05) is 5.46 Å². The second-order valence-corrected chi connectivity index (χ2v) is 4.80. The molecule has 1 aliphatic heterocycles. The highest BCUT2D eigenvalue weighted by Crippen LogP contribution is 2.26. The van der Waals surface area contributed by atoms with Gasteiger partial charge in [-0.3, -0.25) is 0 Å². The van der Waals surface area contributed by atoms with Crippen LogP contribution in [0.4, 0.5) is 0 Å². The van der Waals surface area contributed by atoms with E-state index in [2.05, 4.69) is 0 Å². The number of fused-ring (bicyclic) bond motifs is 1. The largest absolute Gasteiger partial charge is 0.634 e. The number of benzene rings is 2. The first-order chi connectivity index (χ1) is 9.67. The van der Waals surface area contributed by atoms with Crippen molar-refractivity contribution in [1.82, 2.24) is 0 Å². The molecule has 0 saturated carbocycles. The number of rotatable bonds is 2. The van der Waals surface area contributed by atoms with Crippen LogP contribution in [0, 0.1) is 6.92 Å². The smallest absolute Gasteiger partial charge is 0.521 e. The normalized spacial score (nSPS) is 13.4. The molecule has 2 radical (unpaired) electrons. The van der Waals surface area contributed by atoms with E-state index in [-0.39, 0.29) is 5.97 Å². The highest BCUT2D eigenvalue weighted by molar-refractivity contribution is 6.64. The highest BCUT2D eigenvalue weighted by Gasteiger charge is 2.35. The van der Waals surface area contributed by atoms with Crippen LogP contribution >= 0.6 is 0 Å². The van der Waals surface area contributed by atoms with E-state index < -0.39 is 7.12 Å². The molecule has 1 aliphatic rings. The van der Waals surface area contributed by atoms with E-state index in [4.69, 9.17) is 17.2 Å². The van der Waals surface area contributed by atoms with Gasteiger partial charge in [-0.1, -0.05) is 42.2 Å². The number of carbonyl (C=O) groups is 1. The molecule has 20 heavy (non-hydrogen) atoms. The van der Waals surface area contributed by atoms with E-state index in [0.29, 0.717) is 17.6 Å². The summed E-state index contributed by atoms with van der Waals surface area (Å²) in [5, 5.41) is 0. The van der Waals surface area contributed by atoms with Gasteiger partial charge in [0.15, 0.2) is 0 Å². The van der Waals surface area contributed by atoms with Crippen LogP contribution in [0.1, 0.15) is 21.5 Å². The maximum atomic E-state index is 12.0. The van der Waals surface area contributed by atoms with Crippen LogP contribution < -0.4 is 10.1 Å². The predicted octanol–water partition coefficient (Wildman–Crippen LogP) is 1.61. The van der Waals surface area contributed by atoms with Gasteiger partial charge < -0.3 is 9.31 Å². The molecule has 3 rings (SSSR count). The third-order valence-electron chi connectivity index (χ3n) is 3.29. The molecule has 0 aliphatic carbocycles. The van der Waals surface area contributed by atoms with Crippen molar-refractivity contribution < 1.29 is 14.1 Å². The van der Waals surface area contributed by atoms with Gasteiger partial charge >= 0.3 is 13.1 Å². The Hall–Kier alpha value is -2.16. The molecule has 2 aromatic carbocycles. The Balaban J connectivity index is 1.91. The van der Waals surface area contributed by atoms with Gasteiger partial charge in [0.25, 0.3) is 0 Å². The Bertz CT molecular complexity index is 653. The molecule has 0 N–H and O–H groups in total. The number of carbonyl (C=O) groups excluding carboxylic acids is 1. The maximum absolute atomic E-state index is 12.0. The minimum absolute atomic E-state index is 0.362. The monoisotopic (exact) mass is 262 g/mol. The lowest BCUT2D eigenvalue weighted by Gasteiger charge is -2.23. The number of hydrogen-bond donors (Lipinski definition) is 0. The fraction of sp³-hybridized carbons (Fsp3) is 0.133. The summed E-state index contributed by atoms with van der Waals surface area (Å²) in [6.07, 6.45) is 0.480. The zero-order valence-corrected chi connectivity index (χ0v) is 11.1. The first-order valence-corrected chi connectivity index (χ1v) is 6.44. The van der Waals surface area contributed by atoms with Crippen LogP contribution in [-0.4, -0.2) is 20.9 Å². The van der Waals surface area contributed by atoms with Gasteiger partial charge in [-0.05, 0) is 24.6 Å². The topological polar surface area (TPSA) is 35.5 Å². The van der Waals surface area contributed by atoms with Crippen LogP contribution in [-0.2, 0) is 11.0 Å². The molecule has 5 heteroatoms. The quantitative estimate of drug-likeness (QED) is 0.771. The fourth-order valence-corrected chi connectivity index (χ4v) is 2.14. The summed E-state index contributed by atoms with van der Waals surface area (Å²) < 4.78 is 11.1. The zero-order valence-electron chi connectivity index (χ0n) is 11.1. The van der Waals surface area contributed by atoms with Crippen LogP contribution in [0.15, 0.2) is 42.5 Å². The van der Waals surface area contributed by atoms with E-state index in [1.165, 1.54) is 0 Å². The van der Waals surface area contributed by atoms with Crippen molar-refractivity contribution in [2.24, 2.45) is 0 Å². The Morgan fingerprint density at radius 3 is 2.55 bits per heavy atom. The third kappa shape index (κ3) is 2.31. The molecule has 0 spiro atoms. The van der Waals surface area contributed by atoms with E-state index >= 15 is 0 Å². The highest BCUT2D eigenvalue weighted by atomic mass is 16.6. The van der Waals surface area contributed by atoms with Crippen molar-refractivity contribution in [2.75, 3.05) is 0 Å². The minimum Gasteiger partial charge on any atom is -0.521 e. The van der Waals surface area contributed by atoms with Crippen LogP contribution in [0.2, 0.25) is 0 Å². The van der Waals surface area contributed by atoms with Crippen molar-refractivity contribution in [2.45, 2.75) is 13.2 Å². The molecule has 96 valence electrons. The summed E-state index contributed by atoms with van der Waals surface area (Å²) in [5.41, 5.74) is 3.32. The molecule has 3 nitrogen and oxygen atoms in total. The van der Waals surface area contributed by atoms with Crippen LogP contribution in [0.25, 0.3) is 0 Å². The van der Waals surface area contributed by atoms with E-state index in [1.807, 2.05) is 43.3 Å². The molecule has 0 saturated heterocycles. The van der Waals surface area contributed by atoms with Crippen LogP contribution in [0.5, 0.6) is 5.75 Å². The SMILES string of the molecule is [B]Cc1ccc(B2OC(=O)c3ccc(C)cc3O2)cc1. The van der Waals surface area contributed by atoms with Crippen LogP contribution in [0.3, 0.4) is 0 Å². The summed E-state index contributed by atoms with van der Waals surface area (Å²) >= 11 is 0. The third-order valence-corrected chi connectivity index (χ3v) is 3.29. The van der Waals surface area contributed by atoms with E-state index in [1.54, 1.807) is 6.07 Å². The molecule has 0 amide bonds. The summed E-state index contributed by atoms with van der Waals surface area (Å²) in [5.74, 6) is 0.202. The van der Waals surface area contributed by atoms with Crippen molar-refractivity contribution in [1.29, 1.82) is 0 Å². The average Bonchev–Trinajstić information content (AvgIpc) is 2.46. The molecule has 0 aromatic heterocycles. The molecular formula is C15H12B2O3. The summed E-state index contributed by atoms with van der Waals surface area (Å²) in [6, 6.07) is 13.0. The Morgan fingerprint density at radius 2 is 1.85 bits per heavy atom.